The van der Waals surface area contributed by atoms with Crippen LogP contribution in [0.5, 0.6) is 0 Å². The molecule has 0 aromatic carbocycles. The van der Waals surface area contributed by atoms with Gasteiger partial charge in [0.15, 0.2) is 0 Å². The van der Waals surface area contributed by atoms with Crippen molar-refractivity contribution < 1.29 is 4.74 Å². The molecular weight excluding hydrogens is 186 g/mol. The highest BCUT2D eigenvalue weighted by Crippen LogP contribution is 2.21. The van der Waals surface area contributed by atoms with Crippen LogP contribution in [0.4, 0.5) is 0 Å². The largest absolute Gasteiger partial charge is 0.375 e. The zero-order chi connectivity index (χ0) is 11.5. The van der Waals surface area contributed by atoms with Gasteiger partial charge in [0.2, 0.25) is 0 Å². The number of hydrogen-bond acceptors (Lipinski definition) is 2. The summed E-state index contributed by atoms with van der Waals surface area (Å²) in [6, 6.07) is 0.658. The third-order valence-corrected chi connectivity index (χ3v) is 3.01. The van der Waals surface area contributed by atoms with Crippen molar-refractivity contribution >= 4 is 0 Å². The summed E-state index contributed by atoms with van der Waals surface area (Å²) in [7, 11) is 0. The van der Waals surface area contributed by atoms with Gasteiger partial charge < -0.3 is 10.1 Å². The molecule has 1 fully saturated rings. The first-order valence-corrected chi connectivity index (χ1v) is 6.25. The monoisotopic (exact) mass is 213 g/mol. The number of nitrogens with one attached hydrogen (secondary N) is 1. The highest BCUT2D eigenvalue weighted by atomic mass is 16.5. The molecule has 0 amide bonds. The van der Waals surface area contributed by atoms with Gasteiger partial charge in [0.1, 0.15) is 0 Å². The van der Waals surface area contributed by atoms with Crippen LogP contribution in [0.15, 0.2) is 0 Å². The topological polar surface area (TPSA) is 21.3 Å². The summed E-state index contributed by atoms with van der Waals surface area (Å²) < 4.78 is 5.72. The molecule has 2 unspecified atom stereocenters. The normalized spacial score (nSPS) is 33.0. The molecule has 0 radical (unpaired) electrons. The SMILES string of the molecule is CC1CC(NCCC(C)(C)C)CC(C)O1. The molecule has 0 aromatic heterocycles. The van der Waals surface area contributed by atoms with E-state index in [4.69, 9.17) is 4.74 Å². The first-order valence-electron chi connectivity index (χ1n) is 6.25. The van der Waals surface area contributed by atoms with Gasteiger partial charge in [-0.2, -0.15) is 0 Å². The minimum atomic E-state index is 0.417. The zero-order valence-corrected chi connectivity index (χ0v) is 11.0. The summed E-state index contributed by atoms with van der Waals surface area (Å²) in [6.45, 7) is 12.4. The van der Waals surface area contributed by atoms with Crippen LogP contribution >= 0.6 is 0 Å². The molecule has 90 valence electrons. The summed E-state index contributed by atoms with van der Waals surface area (Å²) in [4.78, 5) is 0. The second-order valence-electron chi connectivity index (χ2n) is 6.19. The van der Waals surface area contributed by atoms with Gasteiger partial charge in [-0.25, -0.2) is 0 Å². The third kappa shape index (κ3) is 5.53. The Hall–Kier alpha value is -0.0800. The van der Waals surface area contributed by atoms with Crippen LogP contribution in [0.3, 0.4) is 0 Å². The van der Waals surface area contributed by atoms with Gasteiger partial charge in [-0.3, -0.25) is 0 Å². The van der Waals surface area contributed by atoms with Gasteiger partial charge in [-0.05, 0) is 45.1 Å². The Bertz CT molecular complexity index is 175. The van der Waals surface area contributed by atoms with Crippen molar-refractivity contribution in [1.29, 1.82) is 0 Å². The van der Waals surface area contributed by atoms with Crippen molar-refractivity contribution in [1.82, 2.24) is 5.32 Å². The van der Waals surface area contributed by atoms with Gasteiger partial charge in [-0.15, -0.1) is 0 Å². The zero-order valence-electron chi connectivity index (χ0n) is 11.0. The second kappa shape index (κ2) is 5.31. The molecule has 1 saturated heterocycles. The first kappa shape index (κ1) is 13.0. The fourth-order valence-electron chi connectivity index (χ4n) is 2.22. The lowest BCUT2D eigenvalue weighted by Crippen LogP contribution is -2.42. The number of ether oxygens (including phenoxy) is 1. The minimum absolute atomic E-state index is 0.417. The minimum Gasteiger partial charge on any atom is -0.375 e. The second-order valence-corrected chi connectivity index (χ2v) is 6.19. The van der Waals surface area contributed by atoms with E-state index in [9.17, 15) is 0 Å². The third-order valence-electron chi connectivity index (χ3n) is 3.01. The summed E-state index contributed by atoms with van der Waals surface area (Å²) >= 11 is 0. The van der Waals surface area contributed by atoms with E-state index in [-0.39, 0.29) is 0 Å². The van der Waals surface area contributed by atoms with Crippen molar-refractivity contribution in [2.24, 2.45) is 5.41 Å². The molecule has 1 rings (SSSR count). The Morgan fingerprint density at radius 1 is 1.13 bits per heavy atom. The maximum absolute atomic E-state index is 5.72. The summed E-state index contributed by atoms with van der Waals surface area (Å²) in [6.07, 6.45) is 4.40. The molecule has 2 nitrogen and oxygen atoms in total. The molecule has 1 aliphatic rings. The number of rotatable bonds is 3. The van der Waals surface area contributed by atoms with Crippen LogP contribution in [0.2, 0.25) is 0 Å². The van der Waals surface area contributed by atoms with Crippen LogP contribution in [-0.4, -0.2) is 24.8 Å². The fraction of sp³-hybridized carbons (Fsp3) is 1.00. The Morgan fingerprint density at radius 2 is 1.67 bits per heavy atom. The first-order chi connectivity index (χ1) is 6.87. The van der Waals surface area contributed by atoms with Crippen molar-refractivity contribution in [2.75, 3.05) is 6.54 Å². The van der Waals surface area contributed by atoms with E-state index in [1.54, 1.807) is 0 Å². The lowest BCUT2D eigenvalue weighted by molar-refractivity contribution is -0.0422. The Kier molecular flexibility index (Phi) is 4.60. The molecule has 15 heavy (non-hydrogen) atoms. The van der Waals surface area contributed by atoms with Crippen molar-refractivity contribution in [3.8, 4) is 0 Å². The van der Waals surface area contributed by atoms with Gasteiger partial charge in [0.05, 0.1) is 12.2 Å². The molecular formula is C13H27NO. The Balaban J connectivity index is 2.21. The molecule has 0 aromatic rings. The van der Waals surface area contributed by atoms with Crippen molar-refractivity contribution in [3.05, 3.63) is 0 Å². The fourth-order valence-corrected chi connectivity index (χ4v) is 2.22. The van der Waals surface area contributed by atoms with Crippen molar-refractivity contribution in [2.45, 2.75) is 72.1 Å². The van der Waals surface area contributed by atoms with Gasteiger partial charge in [-0.1, -0.05) is 20.8 Å². The van der Waals surface area contributed by atoms with E-state index in [0.717, 1.165) is 19.4 Å². The van der Waals surface area contributed by atoms with E-state index < -0.39 is 0 Å². The lowest BCUT2D eigenvalue weighted by atomic mass is 9.92. The molecule has 1 aliphatic heterocycles. The summed E-state index contributed by atoms with van der Waals surface area (Å²) in [5, 5.41) is 3.66. The molecule has 0 bridgehead atoms. The average Bonchev–Trinajstić information content (AvgIpc) is 1.99. The van der Waals surface area contributed by atoms with Gasteiger partial charge in [0, 0.05) is 6.04 Å². The van der Waals surface area contributed by atoms with Crippen LogP contribution in [-0.2, 0) is 4.74 Å². The smallest absolute Gasteiger partial charge is 0.0565 e. The summed E-state index contributed by atoms with van der Waals surface area (Å²) in [5.41, 5.74) is 0.440. The highest BCUT2D eigenvalue weighted by molar-refractivity contribution is 4.79. The quantitative estimate of drug-likeness (QED) is 0.778. The molecule has 2 heteroatoms. The number of hydrogen-bond donors (Lipinski definition) is 1. The molecule has 1 N–H and O–H groups in total. The predicted octanol–water partition coefficient (Wildman–Crippen LogP) is 2.97. The highest BCUT2D eigenvalue weighted by Gasteiger charge is 2.24. The van der Waals surface area contributed by atoms with E-state index in [2.05, 4.69) is 39.9 Å². The van der Waals surface area contributed by atoms with Crippen LogP contribution in [0, 0.1) is 5.41 Å². The van der Waals surface area contributed by atoms with Crippen LogP contribution < -0.4 is 5.32 Å². The van der Waals surface area contributed by atoms with Crippen LogP contribution in [0.25, 0.3) is 0 Å². The molecule has 0 saturated carbocycles. The standard InChI is InChI=1S/C13H27NO/c1-10-8-12(9-11(2)15-10)14-7-6-13(3,4)5/h10-12,14H,6-9H2,1-5H3. The predicted molar refractivity (Wildman–Crippen MR) is 65.1 cm³/mol. The van der Waals surface area contributed by atoms with E-state index in [1.165, 1.54) is 6.42 Å². The maximum atomic E-state index is 5.72. The Morgan fingerprint density at radius 3 is 2.13 bits per heavy atom. The van der Waals surface area contributed by atoms with Gasteiger partial charge >= 0.3 is 0 Å². The van der Waals surface area contributed by atoms with E-state index >= 15 is 0 Å². The van der Waals surface area contributed by atoms with Crippen LogP contribution in [0.1, 0.15) is 53.9 Å². The van der Waals surface area contributed by atoms with E-state index in [1.807, 2.05) is 0 Å². The molecule has 2 atom stereocenters. The van der Waals surface area contributed by atoms with E-state index in [0.29, 0.717) is 23.7 Å². The van der Waals surface area contributed by atoms with Gasteiger partial charge in [0.25, 0.3) is 0 Å². The Labute approximate surface area is 94.8 Å². The molecule has 0 aliphatic carbocycles. The molecule has 0 spiro atoms. The summed E-state index contributed by atoms with van der Waals surface area (Å²) in [5.74, 6) is 0. The average molecular weight is 213 g/mol. The van der Waals surface area contributed by atoms with Crippen molar-refractivity contribution in [3.63, 3.8) is 0 Å². The lowest BCUT2D eigenvalue weighted by Gasteiger charge is -2.33. The molecule has 1 heterocycles. The maximum Gasteiger partial charge on any atom is 0.0565 e.